The van der Waals surface area contributed by atoms with E-state index < -0.39 is 31.0 Å². The van der Waals surface area contributed by atoms with Gasteiger partial charge < -0.3 is 21.1 Å². The van der Waals surface area contributed by atoms with Crippen molar-refractivity contribution in [2.24, 2.45) is 11.7 Å². The topological polar surface area (TPSA) is 91.7 Å². The highest BCUT2D eigenvalue weighted by Crippen LogP contribution is 2.34. The molecule has 2 unspecified atom stereocenters. The number of halogens is 3. The van der Waals surface area contributed by atoms with Crippen LogP contribution in [-0.4, -0.2) is 38.8 Å². The lowest BCUT2D eigenvalue weighted by atomic mass is 9.97. The van der Waals surface area contributed by atoms with Crippen LogP contribution in [0.1, 0.15) is 48.4 Å². The van der Waals surface area contributed by atoms with E-state index in [1.165, 1.54) is 17.9 Å². The Hall–Kier alpha value is -3.60. The number of nitrogens with zero attached hydrogens (tertiary/aromatic N) is 1. The van der Waals surface area contributed by atoms with Gasteiger partial charge in [-0.1, -0.05) is 42.5 Å². The first-order valence-electron chi connectivity index (χ1n) is 13.8. The Bertz CT molecular complexity index is 1300. The van der Waals surface area contributed by atoms with Crippen molar-refractivity contribution in [3.05, 3.63) is 89.5 Å². The number of anilines is 2. The summed E-state index contributed by atoms with van der Waals surface area (Å²) in [5.41, 5.74) is 12.4. The average Bonchev–Trinajstić information content (AvgIpc) is 3.80. The third kappa shape index (κ3) is 8.45. The molecule has 0 spiro atoms. The molecule has 2 atom stereocenters. The molecule has 10 heteroatoms. The number of rotatable bonds is 14. The van der Waals surface area contributed by atoms with E-state index in [1.54, 1.807) is 38.4 Å². The number of hydrogen-bond donors (Lipinski definition) is 4. The molecule has 1 amide bonds. The van der Waals surface area contributed by atoms with Crippen LogP contribution in [0.3, 0.4) is 0 Å². The zero-order valence-corrected chi connectivity index (χ0v) is 23.4. The van der Waals surface area contributed by atoms with Gasteiger partial charge in [-0.25, -0.2) is 5.43 Å². The van der Waals surface area contributed by atoms with Crippen LogP contribution in [0.25, 0.3) is 0 Å². The first-order chi connectivity index (χ1) is 19.7. The summed E-state index contributed by atoms with van der Waals surface area (Å²) in [7, 11) is 3.21. The van der Waals surface area contributed by atoms with Gasteiger partial charge in [-0.05, 0) is 73.2 Å². The Morgan fingerprint density at radius 2 is 1.83 bits per heavy atom. The molecule has 1 aliphatic carbocycles. The summed E-state index contributed by atoms with van der Waals surface area (Å²) in [5, 5.41) is 7.97. The number of para-hydroxylation sites is 1. The van der Waals surface area contributed by atoms with Crippen LogP contribution < -0.4 is 31.5 Å². The third-order valence-corrected chi connectivity index (χ3v) is 7.23. The van der Waals surface area contributed by atoms with Crippen molar-refractivity contribution < 1.29 is 22.7 Å². The summed E-state index contributed by atoms with van der Waals surface area (Å²) >= 11 is 0. The van der Waals surface area contributed by atoms with Crippen molar-refractivity contribution in [3.63, 3.8) is 0 Å². The van der Waals surface area contributed by atoms with E-state index in [-0.39, 0.29) is 12.6 Å². The second-order valence-electron chi connectivity index (χ2n) is 10.3. The standard InChI is InChI=1S/C31H38F3N5O2/c1-36-39(25-10-5-7-22(17-25)19-35)27(15-16-31(32,33)34)30(40)38-24-9-6-8-23(18-24)29(37-20-21-13-14-21)26-11-3-4-12-28(26)41-2/h3-12,17-18,21,27,29,36-37H,13-16,19-20,35H2,1-2H3,(H,38,40). The molecule has 0 radical (unpaired) electrons. The molecule has 3 aromatic rings. The molecule has 1 aliphatic rings. The lowest BCUT2D eigenvalue weighted by Gasteiger charge is -2.32. The Labute approximate surface area is 239 Å². The smallest absolute Gasteiger partial charge is 0.389 e. The van der Waals surface area contributed by atoms with Crippen molar-refractivity contribution in [3.8, 4) is 5.75 Å². The van der Waals surface area contributed by atoms with Gasteiger partial charge in [0.15, 0.2) is 0 Å². The fourth-order valence-corrected chi connectivity index (χ4v) is 4.92. The van der Waals surface area contributed by atoms with Gasteiger partial charge in [0.05, 0.1) is 18.8 Å². The van der Waals surface area contributed by atoms with Crippen LogP contribution in [0, 0.1) is 5.92 Å². The highest BCUT2D eigenvalue weighted by molar-refractivity contribution is 5.97. The third-order valence-electron chi connectivity index (χ3n) is 7.23. The van der Waals surface area contributed by atoms with Gasteiger partial charge in [0.1, 0.15) is 11.8 Å². The van der Waals surface area contributed by atoms with E-state index in [0.29, 0.717) is 17.3 Å². The Balaban J connectivity index is 1.61. The predicted octanol–water partition coefficient (Wildman–Crippen LogP) is 5.53. The van der Waals surface area contributed by atoms with Gasteiger partial charge >= 0.3 is 6.18 Å². The number of nitrogens with one attached hydrogen (secondary N) is 3. The first kappa shape index (κ1) is 30.4. The summed E-state index contributed by atoms with van der Waals surface area (Å²) in [6, 6.07) is 20.9. The van der Waals surface area contributed by atoms with E-state index in [0.717, 1.165) is 29.0 Å². The van der Waals surface area contributed by atoms with Gasteiger partial charge in [-0.2, -0.15) is 13.2 Å². The fourth-order valence-electron chi connectivity index (χ4n) is 4.92. The molecule has 0 saturated heterocycles. The summed E-state index contributed by atoms with van der Waals surface area (Å²) in [6.45, 7) is 1.11. The Morgan fingerprint density at radius 3 is 2.51 bits per heavy atom. The zero-order valence-electron chi connectivity index (χ0n) is 23.4. The molecule has 7 nitrogen and oxygen atoms in total. The molecule has 220 valence electrons. The van der Waals surface area contributed by atoms with Gasteiger partial charge in [-0.15, -0.1) is 0 Å². The molecule has 0 aromatic heterocycles. The number of alkyl halides is 3. The number of carbonyl (C=O) groups excluding carboxylic acids is 1. The van der Waals surface area contributed by atoms with E-state index >= 15 is 0 Å². The minimum absolute atomic E-state index is 0.197. The lowest BCUT2D eigenvalue weighted by molar-refractivity contribution is -0.137. The monoisotopic (exact) mass is 569 g/mol. The first-order valence-corrected chi connectivity index (χ1v) is 13.8. The molecule has 1 fully saturated rings. The number of ether oxygens (including phenoxy) is 1. The highest BCUT2D eigenvalue weighted by atomic mass is 19.4. The van der Waals surface area contributed by atoms with Crippen LogP contribution >= 0.6 is 0 Å². The van der Waals surface area contributed by atoms with Crippen LogP contribution in [0.15, 0.2) is 72.8 Å². The SMILES string of the molecule is CNN(c1cccc(CN)c1)C(CCC(F)(F)F)C(=O)Nc1cccc(C(NCC2CC2)c2ccccc2OC)c1. The Kier molecular flexibility index (Phi) is 10.3. The summed E-state index contributed by atoms with van der Waals surface area (Å²) < 4.78 is 45.5. The minimum atomic E-state index is -4.41. The summed E-state index contributed by atoms with van der Waals surface area (Å²) in [6.07, 6.45) is -3.57. The van der Waals surface area contributed by atoms with Crippen molar-refractivity contribution >= 4 is 17.3 Å². The average molecular weight is 570 g/mol. The molecular weight excluding hydrogens is 531 g/mol. The van der Waals surface area contributed by atoms with Crippen molar-refractivity contribution in [2.45, 2.75) is 50.5 Å². The van der Waals surface area contributed by atoms with E-state index in [1.807, 2.05) is 48.5 Å². The Morgan fingerprint density at radius 1 is 1.07 bits per heavy atom. The van der Waals surface area contributed by atoms with Crippen LogP contribution in [0.4, 0.5) is 24.5 Å². The summed E-state index contributed by atoms with van der Waals surface area (Å²) in [4.78, 5) is 13.6. The number of hydrogen-bond acceptors (Lipinski definition) is 6. The van der Waals surface area contributed by atoms with Gasteiger partial charge in [0.2, 0.25) is 5.91 Å². The quantitative estimate of drug-likeness (QED) is 0.191. The lowest BCUT2D eigenvalue weighted by Crippen LogP contribution is -2.50. The van der Waals surface area contributed by atoms with Crippen molar-refractivity contribution in [1.29, 1.82) is 0 Å². The number of methoxy groups -OCH3 is 1. The molecule has 41 heavy (non-hydrogen) atoms. The van der Waals surface area contributed by atoms with Crippen LogP contribution in [0.2, 0.25) is 0 Å². The van der Waals surface area contributed by atoms with Gasteiger partial charge in [0, 0.05) is 31.3 Å². The molecular formula is C31H38F3N5O2. The van der Waals surface area contributed by atoms with Gasteiger partial charge in [-0.3, -0.25) is 9.80 Å². The van der Waals surface area contributed by atoms with Crippen LogP contribution in [0.5, 0.6) is 5.75 Å². The van der Waals surface area contributed by atoms with E-state index in [9.17, 15) is 18.0 Å². The number of amides is 1. The number of hydrazine groups is 1. The maximum Gasteiger partial charge on any atom is 0.389 e. The molecule has 0 aliphatic heterocycles. The van der Waals surface area contributed by atoms with E-state index in [4.69, 9.17) is 10.5 Å². The normalized spacial score (nSPS) is 14.8. The minimum Gasteiger partial charge on any atom is -0.496 e. The number of benzene rings is 3. The molecule has 1 saturated carbocycles. The molecule has 3 aromatic carbocycles. The fraction of sp³-hybridized carbons (Fsp3) is 0.387. The highest BCUT2D eigenvalue weighted by Gasteiger charge is 2.34. The molecule has 0 bridgehead atoms. The number of nitrogens with two attached hydrogens (primary N) is 1. The maximum absolute atomic E-state index is 13.6. The zero-order chi connectivity index (χ0) is 29.4. The van der Waals surface area contributed by atoms with Crippen molar-refractivity contribution in [2.75, 3.05) is 31.0 Å². The molecule has 5 N–H and O–H groups in total. The van der Waals surface area contributed by atoms with Crippen LogP contribution in [-0.2, 0) is 11.3 Å². The van der Waals surface area contributed by atoms with E-state index in [2.05, 4.69) is 16.1 Å². The predicted molar refractivity (Wildman–Crippen MR) is 156 cm³/mol. The van der Waals surface area contributed by atoms with Gasteiger partial charge in [0.25, 0.3) is 0 Å². The maximum atomic E-state index is 13.6. The molecule has 0 heterocycles. The van der Waals surface area contributed by atoms with Crippen molar-refractivity contribution in [1.82, 2.24) is 10.7 Å². The second kappa shape index (κ2) is 13.8. The molecule has 4 rings (SSSR count). The summed E-state index contributed by atoms with van der Waals surface area (Å²) in [5.74, 6) is 0.820. The largest absolute Gasteiger partial charge is 0.496 e. The second-order valence-corrected chi connectivity index (χ2v) is 10.3. The number of carbonyl (C=O) groups is 1.